The summed E-state index contributed by atoms with van der Waals surface area (Å²) in [6.07, 6.45) is 18.7. The second-order valence-corrected chi connectivity index (χ2v) is 7.86. The fourth-order valence-corrected chi connectivity index (χ4v) is 3.72. The van der Waals surface area contributed by atoms with Crippen LogP contribution in [0.1, 0.15) is 109 Å². The van der Waals surface area contributed by atoms with E-state index in [0.29, 0.717) is 0 Å². The summed E-state index contributed by atoms with van der Waals surface area (Å²) in [6, 6.07) is 10.5. The molecule has 1 aromatic carbocycles. The minimum atomic E-state index is 0.823. The van der Waals surface area contributed by atoms with Crippen molar-refractivity contribution in [2.45, 2.75) is 104 Å². The van der Waals surface area contributed by atoms with Crippen molar-refractivity contribution in [3.8, 4) is 6.07 Å². The van der Waals surface area contributed by atoms with Crippen LogP contribution in [0.5, 0.6) is 0 Å². The number of anilines is 1. The van der Waals surface area contributed by atoms with E-state index in [9.17, 15) is 5.26 Å². The van der Waals surface area contributed by atoms with Crippen LogP contribution < -0.4 is 4.90 Å². The number of para-hydroxylation sites is 1. The quantitative estimate of drug-likeness (QED) is 0.261. The van der Waals surface area contributed by atoms with Gasteiger partial charge in [0.25, 0.3) is 0 Å². The number of benzene rings is 1. The molecule has 2 heteroatoms. The number of nitriles is 1. The molecule has 2 nitrogen and oxygen atoms in total. The van der Waals surface area contributed by atoms with Gasteiger partial charge in [-0.05, 0) is 25.0 Å². The lowest BCUT2D eigenvalue weighted by molar-refractivity contribution is 0.564. The Bertz CT molecular complexity index is 485. The van der Waals surface area contributed by atoms with E-state index < -0.39 is 0 Å². The summed E-state index contributed by atoms with van der Waals surface area (Å²) >= 11 is 0. The molecule has 0 spiro atoms. The smallest absolute Gasteiger partial charge is 0.101 e. The minimum absolute atomic E-state index is 0.823. The Morgan fingerprint density at radius 1 is 0.667 bits per heavy atom. The topological polar surface area (TPSA) is 27.0 Å². The molecule has 0 aliphatic heterocycles. The number of nitrogens with zero attached hydrogens (tertiary/aromatic N) is 2. The van der Waals surface area contributed by atoms with Crippen molar-refractivity contribution < 1.29 is 0 Å². The van der Waals surface area contributed by atoms with Gasteiger partial charge < -0.3 is 4.90 Å². The third kappa shape index (κ3) is 11.1. The average Bonchev–Trinajstić information content (AvgIpc) is 2.71. The predicted octanol–water partition coefficient (Wildman–Crippen LogP) is 7.87. The van der Waals surface area contributed by atoms with E-state index in [2.05, 4.69) is 36.9 Å². The maximum Gasteiger partial charge on any atom is 0.101 e. The SMILES string of the molecule is CCCCCCCCCN(CCCCCCCCC)c1ccccc1C#N. The van der Waals surface area contributed by atoms with Gasteiger partial charge in [0, 0.05) is 13.1 Å². The van der Waals surface area contributed by atoms with Crippen LogP contribution in [0.15, 0.2) is 24.3 Å². The number of hydrogen-bond acceptors (Lipinski definition) is 2. The van der Waals surface area contributed by atoms with Gasteiger partial charge in [-0.25, -0.2) is 0 Å². The van der Waals surface area contributed by atoms with E-state index in [1.165, 1.54) is 89.9 Å². The number of rotatable bonds is 17. The monoisotopic (exact) mass is 370 g/mol. The molecule has 0 saturated heterocycles. The summed E-state index contributed by atoms with van der Waals surface area (Å²) in [5.74, 6) is 0. The third-order valence-corrected chi connectivity index (χ3v) is 5.43. The van der Waals surface area contributed by atoms with Crippen LogP contribution in [-0.4, -0.2) is 13.1 Å². The fourth-order valence-electron chi connectivity index (χ4n) is 3.72. The lowest BCUT2D eigenvalue weighted by atomic mass is 10.1. The molecule has 0 fully saturated rings. The molecule has 0 aliphatic rings. The number of hydrogen-bond donors (Lipinski definition) is 0. The zero-order chi connectivity index (χ0) is 19.6. The molecule has 0 radical (unpaired) electrons. The second kappa shape index (κ2) is 16.7. The summed E-state index contributed by atoms with van der Waals surface area (Å²) < 4.78 is 0. The van der Waals surface area contributed by atoms with Crippen LogP contribution in [0.2, 0.25) is 0 Å². The maximum absolute atomic E-state index is 9.47. The first-order valence-corrected chi connectivity index (χ1v) is 11.6. The molecule has 0 unspecified atom stereocenters. The molecule has 0 saturated carbocycles. The van der Waals surface area contributed by atoms with E-state index >= 15 is 0 Å². The Kier molecular flexibility index (Phi) is 14.5. The van der Waals surface area contributed by atoms with Crippen LogP contribution >= 0.6 is 0 Å². The predicted molar refractivity (Wildman–Crippen MR) is 119 cm³/mol. The van der Waals surface area contributed by atoms with E-state index in [1.807, 2.05) is 12.1 Å². The van der Waals surface area contributed by atoms with E-state index in [-0.39, 0.29) is 0 Å². The van der Waals surface area contributed by atoms with Gasteiger partial charge in [0.05, 0.1) is 11.3 Å². The van der Waals surface area contributed by atoms with Crippen LogP contribution in [0, 0.1) is 11.3 Å². The van der Waals surface area contributed by atoms with Crippen molar-refractivity contribution in [1.29, 1.82) is 5.26 Å². The highest BCUT2D eigenvalue weighted by Gasteiger charge is 2.10. The molecule has 0 heterocycles. The highest BCUT2D eigenvalue weighted by atomic mass is 15.1. The highest BCUT2D eigenvalue weighted by Crippen LogP contribution is 2.21. The van der Waals surface area contributed by atoms with Crippen molar-refractivity contribution >= 4 is 5.69 Å². The molecule has 0 bridgehead atoms. The fraction of sp³-hybridized carbons (Fsp3) is 0.720. The van der Waals surface area contributed by atoms with Gasteiger partial charge in [-0.2, -0.15) is 5.26 Å². The zero-order valence-electron chi connectivity index (χ0n) is 18.0. The maximum atomic E-state index is 9.47. The molecule has 0 amide bonds. The van der Waals surface area contributed by atoms with Gasteiger partial charge in [0.1, 0.15) is 6.07 Å². The zero-order valence-corrected chi connectivity index (χ0v) is 18.0. The molecule has 0 N–H and O–H groups in total. The van der Waals surface area contributed by atoms with Crippen LogP contribution in [0.4, 0.5) is 5.69 Å². The first-order chi connectivity index (χ1) is 13.3. The molecule has 0 aliphatic carbocycles. The lowest BCUT2D eigenvalue weighted by Gasteiger charge is -2.26. The van der Waals surface area contributed by atoms with Crippen LogP contribution in [0.25, 0.3) is 0 Å². The summed E-state index contributed by atoms with van der Waals surface area (Å²) in [7, 11) is 0. The van der Waals surface area contributed by atoms with E-state index in [4.69, 9.17) is 0 Å². The van der Waals surface area contributed by atoms with Crippen molar-refractivity contribution in [3.05, 3.63) is 29.8 Å². The van der Waals surface area contributed by atoms with Crippen molar-refractivity contribution in [1.82, 2.24) is 0 Å². The Morgan fingerprint density at radius 3 is 1.59 bits per heavy atom. The van der Waals surface area contributed by atoms with E-state index in [0.717, 1.165) is 24.3 Å². The Labute approximate surface area is 169 Å². The summed E-state index contributed by atoms with van der Waals surface area (Å²) in [6.45, 7) is 6.72. The second-order valence-electron chi connectivity index (χ2n) is 7.86. The van der Waals surface area contributed by atoms with Gasteiger partial charge in [0.15, 0.2) is 0 Å². The largest absolute Gasteiger partial charge is 0.370 e. The Hall–Kier alpha value is -1.49. The van der Waals surface area contributed by atoms with Crippen molar-refractivity contribution in [3.63, 3.8) is 0 Å². The lowest BCUT2D eigenvalue weighted by Crippen LogP contribution is -2.26. The first kappa shape index (κ1) is 23.5. The molecule has 1 rings (SSSR count). The summed E-state index contributed by atoms with van der Waals surface area (Å²) in [4.78, 5) is 2.47. The normalized spacial score (nSPS) is 10.7. The highest BCUT2D eigenvalue weighted by molar-refractivity contribution is 5.59. The molecular formula is C25H42N2. The van der Waals surface area contributed by atoms with Crippen molar-refractivity contribution in [2.75, 3.05) is 18.0 Å². The molecular weight excluding hydrogens is 328 g/mol. The third-order valence-electron chi connectivity index (χ3n) is 5.43. The number of unbranched alkanes of at least 4 members (excludes halogenated alkanes) is 12. The van der Waals surface area contributed by atoms with Gasteiger partial charge >= 0.3 is 0 Å². The standard InChI is InChI=1S/C25H42N2/c1-3-5-7-9-11-13-17-21-27(22-18-14-12-10-8-6-4-2)25-20-16-15-19-24(25)23-26/h15-16,19-20H,3-14,17-18,21-22H2,1-2H3. The summed E-state index contributed by atoms with van der Waals surface area (Å²) in [5.41, 5.74) is 1.96. The average molecular weight is 371 g/mol. The van der Waals surface area contributed by atoms with Crippen LogP contribution in [0.3, 0.4) is 0 Å². The molecule has 1 aromatic rings. The van der Waals surface area contributed by atoms with Crippen LogP contribution in [-0.2, 0) is 0 Å². The molecule has 27 heavy (non-hydrogen) atoms. The Morgan fingerprint density at radius 2 is 1.11 bits per heavy atom. The van der Waals surface area contributed by atoms with Gasteiger partial charge in [-0.1, -0.05) is 103 Å². The van der Waals surface area contributed by atoms with Gasteiger partial charge in [-0.15, -0.1) is 0 Å². The summed E-state index contributed by atoms with van der Waals surface area (Å²) in [5, 5.41) is 9.47. The van der Waals surface area contributed by atoms with Crippen molar-refractivity contribution in [2.24, 2.45) is 0 Å². The molecule has 0 atom stereocenters. The van der Waals surface area contributed by atoms with E-state index in [1.54, 1.807) is 0 Å². The van der Waals surface area contributed by atoms with Gasteiger partial charge in [-0.3, -0.25) is 0 Å². The minimum Gasteiger partial charge on any atom is -0.370 e. The van der Waals surface area contributed by atoms with Gasteiger partial charge in [0.2, 0.25) is 0 Å². The Balaban J connectivity index is 2.41. The molecule has 0 aromatic heterocycles. The first-order valence-electron chi connectivity index (χ1n) is 11.6. The molecule has 152 valence electrons.